The van der Waals surface area contributed by atoms with Crippen LogP contribution in [0.25, 0.3) is 0 Å². The molecule has 0 aliphatic carbocycles. The molecule has 118 valence electrons. The van der Waals surface area contributed by atoms with Gasteiger partial charge in [-0.05, 0) is 18.9 Å². The van der Waals surface area contributed by atoms with Crippen LogP contribution in [0.2, 0.25) is 0 Å². The van der Waals surface area contributed by atoms with E-state index in [1.165, 1.54) is 6.07 Å². The predicted molar refractivity (Wildman–Crippen MR) is 76.5 cm³/mol. The van der Waals surface area contributed by atoms with E-state index in [0.29, 0.717) is 31.6 Å². The van der Waals surface area contributed by atoms with Crippen LogP contribution in [0.1, 0.15) is 18.4 Å². The molecular formula is C14H20FNO4S. The van der Waals surface area contributed by atoms with Gasteiger partial charge >= 0.3 is 0 Å². The fourth-order valence-electron chi connectivity index (χ4n) is 2.55. The molecule has 21 heavy (non-hydrogen) atoms. The average molecular weight is 317 g/mol. The molecule has 1 aliphatic rings. The molecule has 1 heterocycles. The topological polar surface area (TPSA) is 78.6 Å². The fraction of sp³-hybridized carbons (Fsp3) is 0.571. The van der Waals surface area contributed by atoms with E-state index < -0.39 is 15.4 Å². The first-order valence-corrected chi connectivity index (χ1v) is 8.51. The van der Waals surface area contributed by atoms with E-state index in [2.05, 4.69) is 0 Å². The molecular weight excluding hydrogens is 297 g/mol. The molecule has 0 radical (unpaired) electrons. The highest BCUT2D eigenvalue weighted by Crippen LogP contribution is 2.32. The summed E-state index contributed by atoms with van der Waals surface area (Å²) in [6.07, 6.45) is 1.14. The lowest BCUT2D eigenvalue weighted by Gasteiger charge is -2.36. The third kappa shape index (κ3) is 5.03. The Balaban J connectivity index is 1.98. The van der Waals surface area contributed by atoms with Crippen molar-refractivity contribution < 1.29 is 22.3 Å². The van der Waals surface area contributed by atoms with Crippen molar-refractivity contribution >= 4 is 10.0 Å². The quantitative estimate of drug-likeness (QED) is 0.861. The smallest absolute Gasteiger partial charge is 0.209 e. The van der Waals surface area contributed by atoms with E-state index in [4.69, 9.17) is 14.6 Å². The van der Waals surface area contributed by atoms with Gasteiger partial charge in [0.2, 0.25) is 10.0 Å². The second-order valence-electron chi connectivity index (χ2n) is 5.50. The van der Waals surface area contributed by atoms with Gasteiger partial charge in [0.1, 0.15) is 5.82 Å². The number of primary sulfonamides is 1. The maximum Gasteiger partial charge on any atom is 0.209 e. The normalized spacial score (nSPS) is 18.6. The minimum Gasteiger partial charge on any atom is -0.381 e. The predicted octanol–water partition coefficient (Wildman–Crippen LogP) is 1.43. The second-order valence-corrected chi connectivity index (χ2v) is 7.12. The van der Waals surface area contributed by atoms with Gasteiger partial charge < -0.3 is 9.47 Å². The van der Waals surface area contributed by atoms with Gasteiger partial charge in [-0.15, -0.1) is 0 Å². The zero-order valence-electron chi connectivity index (χ0n) is 11.8. The molecule has 0 unspecified atom stereocenters. The lowest BCUT2D eigenvalue weighted by atomic mass is 9.83. The number of hydrogen-bond acceptors (Lipinski definition) is 4. The van der Waals surface area contributed by atoms with Gasteiger partial charge in [0.15, 0.2) is 0 Å². The highest BCUT2D eigenvalue weighted by Gasteiger charge is 2.36. The van der Waals surface area contributed by atoms with Crippen molar-refractivity contribution in [1.29, 1.82) is 0 Å². The number of halogens is 1. The molecule has 1 aliphatic heterocycles. The Morgan fingerprint density at radius 3 is 2.57 bits per heavy atom. The third-order valence-corrected chi connectivity index (χ3v) is 4.70. The third-order valence-electron chi connectivity index (χ3n) is 3.68. The first-order chi connectivity index (χ1) is 9.90. The average Bonchev–Trinajstić information content (AvgIpc) is 2.40. The molecule has 1 saturated heterocycles. The molecule has 1 fully saturated rings. The SMILES string of the molecule is NS(=O)(=O)CC1(COCc2ccccc2F)CCOCC1. The Bertz CT molecular complexity index is 570. The summed E-state index contributed by atoms with van der Waals surface area (Å²) in [5.41, 5.74) is -0.0906. The molecule has 2 N–H and O–H groups in total. The number of nitrogens with two attached hydrogens (primary N) is 1. The largest absolute Gasteiger partial charge is 0.381 e. The summed E-state index contributed by atoms with van der Waals surface area (Å²) in [7, 11) is -3.60. The van der Waals surface area contributed by atoms with Crippen molar-refractivity contribution in [3.8, 4) is 0 Å². The van der Waals surface area contributed by atoms with E-state index in [9.17, 15) is 12.8 Å². The van der Waals surface area contributed by atoms with Crippen LogP contribution < -0.4 is 5.14 Å². The van der Waals surface area contributed by atoms with Crippen LogP contribution >= 0.6 is 0 Å². The van der Waals surface area contributed by atoms with Crippen LogP contribution in [0.15, 0.2) is 24.3 Å². The van der Waals surface area contributed by atoms with Crippen LogP contribution in [0.4, 0.5) is 4.39 Å². The van der Waals surface area contributed by atoms with Crippen molar-refractivity contribution in [3.05, 3.63) is 35.6 Å². The van der Waals surface area contributed by atoms with Gasteiger partial charge in [0.25, 0.3) is 0 Å². The van der Waals surface area contributed by atoms with Crippen LogP contribution in [0.5, 0.6) is 0 Å². The molecule has 0 atom stereocenters. The summed E-state index contributed by atoms with van der Waals surface area (Å²) in [5.74, 6) is -0.467. The molecule has 0 bridgehead atoms. The zero-order chi connectivity index (χ0) is 15.3. The lowest BCUT2D eigenvalue weighted by molar-refractivity contribution is -0.0329. The molecule has 2 rings (SSSR count). The molecule has 1 aromatic rings. The Morgan fingerprint density at radius 1 is 1.29 bits per heavy atom. The highest BCUT2D eigenvalue weighted by molar-refractivity contribution is 7.89. The lowest BCUT2D eigenvalue weighted by Crippen LogP contribution is -2.41. The number of hydrogen-bond donors (Lipinski definition) is 1. The van der Waals surface area contributed by atoms with Gasteiger partial charge in [-0.3, -0.25) is 0 Å². The Hall–Kier alpha value is -1.02. The van der Waals surface area contributed by atoms with Gasteiger partial charge in [-0.2, -0.15) is 0 Å². The summed E-state index contributed by atoms with van der Waals surface area (Å²) in [4.78, 5) is 0. The first-order valence-electron chi connectivity index (χ1n) is 6.80. The molecule has 1 aromatic carbocycles. The summed E-state index contributed by atoms with van der Waals surface area (Å²) in [6, 6.07) is 6.36. The van der Waals surface area contributed by atoms with Crippen LogP contribution in [-0.4, -0.2) is 34.0 Å². The number of benzene rings is 1. The van der Waals surface area contributed by atoms with Crippen molar-refractivity contribution in [1.82, 2.24) is 0 Å². The standard InChI is InChI=1S/C14H20FNO4S/c15-13-4-2-1-3-12(13)9-20-10-14(11-21(16,17)18)5-7-19-8-6-14/h1-4H,5-11H2,(H2,16,17,18). The maximum absolute atomic E-state index is 13.5. The van der Waals surface area contributed by atoms with Crippen molar-refractivity contribution in [2.75, 3.05) is 25.6 Å². The summed E-state index contributed by atoms with van der Waals surface area (Å²) >= 11 is 0. The molecule has 0 saturated carbocycles. The molecule has 0 spiro atoms. The molecule has 0 amide bonds. The first kappa shape index (κ1) is 16.4. The second kappa shape index (κ2) is 6.83. The monoisotopic (exact) mass is 317 g/mol. The van der Waals surface area contributed by atoms with Crippen molar-refractivity contribution in [2.24, 2.45) is 10.6 Å². The highest BCUT2D eigenvalue weighted by atomic mass is 32.2. The summed E-state index contributed by atoms with van der Waals surface area (Å²) in [6.45, 7) is 1.30. The Kier molecular flexibility index (Phi) is 5.32. The molecule has 7 heteroatoms. The van der Waals surface area contributed by atoms with Crippen LogP contribution in [-0.2, 0) is 26.1 Å². The number of ether oxygens (including phenoxy) is 2. The van der Waals surface area contributed by atoms with E-state index in [0.717, 1.165) is 0 Å². The van der Waals surface area contributed by atoms with Crippen molar-refractivity contribution in [2.45, 2.75) is 19.4 Å². The van der Waals surface area contributed by atoms with Crippen molar-refractivity contribution in [3.63, 3.8) is 0 Å². The minimum absolute atomic E-state index is 0.111. The maximum atomic E-state index is 13.5. The van der Waals surface area contributed by atoms with E-state index in [1.807, 2.05) is 0 Å². The number of sulfonamides is 1. The van der Waals surface area contributed by atoms with Crippen LogP contribution in [0.3, 0.4) is 0 Å². The molecule has 0 aromatic heterocycles. The Labute approximate surface area is 124 Å². The van der Waals surface area contributed by atoms with E-state index in [1.54, 1.807) is 18.2 Å². The van der Waals surface area contributed by atoms with E-state index >= 15 is 0 Å². The fourth-order valence-corrected chi connectivity index (χ4v) is 3.78. The minimum atomic E-state index is -3.60. The Morgan fingerprint density at radius 2 is 1.95 bits per heavy atom. The van der Waals surface area contributed by atoms with E-state index in [-0.39, 0.29) is 24.8 Å². The zero-order valence-corrected chi connectivity index (χ0v) is 12.6. The van der Waals surface area contributed by atoms with Gasteiger partial charge in [-0.25, -0.2) is 17.9 Å². The summed E-state index contributed by atoms with van der Waals surface area (Å²) < 4.78 is 47.2. The van der Waals surface area contributed by atoms with Gasteiger partial charge in [-0.1, -0.05) is 18.2 Å². The number of rotatable bonds is 6. The van der Waals surface area contributed by atoms with Gasteiger partial charge in [0.05, 0.1) is 19.0 Å². The summed E-state index contributed by atoms with van der Waals surface area (Å²) in [5, 5.41) is 5.17. The van der Waals surface area contributed by atoms with Crippen LogP contribution in [0, 0.1) is 11.2 Å². The van der Waals surface area contributed by atoms with Gasteiger partial charge in [0, 0.05) is 24.2 Å². The molecule has 5 nitrogen and oxygen atoms in total.